The van der Waals surface area contributed by atoms with Crippen molar-refractivity contribution in [3.05, 3.63) is 89.0 Å². The van der Waals surface area contributed by atoms with Gasteiger partial charge in [0.25, 0.3) is 11.8 Å². The molecule has 0 saturated heterocycles. The molecule has 4 aromatic rings. The van der Waals surface area contributed by atoms with Crippen molar-refractivity contribution >= 4 is 29.1 Å². The summed E-state index contributed by atoms with van der Waals surface area (Å²) < 4.78 is 17.8. The van der Waals surface area contributed by atoms with Crippen LogP contribution in [0.15, 0.2) is 69.8 Å². The van der Waals surface area contributed by atoms with Crippen LogP contribution in [0.25, 0.3) is 0 Å². The van der Waals surface area contributed by atoms with Crippen LogP contribution < -0.4 is 15.4 Å². The quantitative estimate of drug-likeness (QED) is 0.416. The van der Waals surface area contributed by atoms with E-state index in [1.54, 1.807) is 49.5 Å². The van der Waals surface area contributed by atoms with Gasteiger partial charge in [0, 0.05) is 12.1 Å². The lowest BCUT2D eigenvalue weighted by Crippen LogP contribution is -2.26. The second-order valence-corrected chi connectivity index (χ2v) is 7.20. The molecule has 0 aliphatic carbocycles. The van der Waals surface area contributed by atoms with E-state index in [1.807, 2.05) is 0 Å². The standard InChI is InChI=1S/C22H19ClN4O5/c1-27-20(22(29)24-11-16-6-3-9-30-16)18(12-25-27)26-21(28)19-8-7-17(32-19)13-31-15-5-2-4-14(23)10-15/h2-10,12H,11,13H2,1H3,(H,24,29)(H,26,28). The zero-order valence-corrected chi connectivity index (χ0v) is 17.8. The predicted octanol–water partition coefficient (Wildman–Crippen LogP) is 4.02. The van der Waals surface area contributed by atoms with Crippen LogP contribution in [0, 0.1) is 0 Å². The Morgan fingerprint density at radius 3 is 2.78 bits per heavy atom. The van der Waals surface area contributed by atoms with Gasteiger partial charge in [0.05, 0.1) is 24.7 Å². The maximum absolute atomic E-state index is 12.6. The lowest BCUT2D eigenvalue weighted by Gasteiger charge is -2.07. The number of amides is 2. The molecule has 1 aromatic carbocycles. The Morgan fingerprint density at radius 1 is 1.12 bits per heavy atom. The second-order valence-electron chi connectivity index (χ2n) is 6.76. The van der Waals surface area contributed by atoms with Crippen LogP contribution in [0.4, 0.5) is 5.69 Å². The van der Waals surface area contributed by atoms with Crippen LogP contribution in [-0.4, -0.2) is 21.6 Å². The number of hydrogen-bond acceptors (Lipinski definition) is 6. The number of aromatic nitrogens is 2. The van der Waals surface area contributed by atoms with Gasteiger partial charge in [0.1, 0.15) is 29.6 Å². The molecule has 0 spiro atoms. The molecule has 32 heavy (non-hydrogen) atoms. The number of carbonyl (C=O) groups is 2. The van der Waals surface area contributed by atoms with Crippen molar-refractivity contribution in [2.24, 2.45) is 7.05 Å². The molecule has 0 atom stereocenters. The summed E-state index contributed by atoms with van der Waals surface area (Å²) in [4.78, 5) is 25.2. The van der Waals surface area contributed by atoms with Gasteiger partial charge in [-0.1, -0.05) is 17.7 Å². The number of furan rings is 2. The smallest absolute Gasteiger partial charge is 0.291 e. The lowest BCUT2D eigenvalue weighted by atomic mass is 10.3. The summed E-state index contributed by atoms with van der Waals surface area (Å²) in [5, 5.41) is 10.0. The first-order valence-corrected chi connectivity index (χ1v) is 9.98. The van der Waals surface area contributed by atoms with Gasteiger partial charge >= 0.3 is 0 Å². The molecule has 0 aliphatic rings. The highest BCUT2D eigenvalue weighted by Gasteiger charge is 2.21. The summed E-state index contributed by atoms with van der Waals surface area (Å²) >= 11 is 5.94. The van der Waals surface area contributed by atoms with Gasteiger partial charge in [-0.05, 0) is 42.5 Å². The third kappa shape index (κ3) is 5.01. The summed E-state index contributed by atoms with van der Waals surface area (Å²) in [7, 11) is 1.61. The van der Waals surface area contributed by atoms with Gasteiger partial charge in [0.2, 0.25) is 0 Å². The fraction of sp³-hybridized carbons (Fsp3) is 0.136. The minimum absolute atomic E-state index is 0.0699. The molecule has 0 fully saturated rings. The van der Waals surface area contributed by atoms with E-state index in [2.05, 4.69) is 15.7 Å². The minimum Gasteiger partial charge on any atom is -0.486 e. The van der Waals surface area contributed by atoms with Crippen LogP contribution in [0.5, 0.6) is 5.75 Å². The van der Waals surface area contributed by atoms with Gasteiger partial charge in [-0.25, -0.2) is 0 Å². The zero-order chi connectivity index (χ0) is 22.5. The number of halogens is 1. The van der Waals surface area contributed by atoms with E-state index in [0.29, 0.717) is 22.3 Å². The van der Waals surface area contributed by atoms with E-state index < -0.39 is 11.8 Å². The van der Waals surface area contributed by atoms with E-state index >= 15 is 0 Å². The molecule has 0 saturated carbocycles. The van der Waals surface area contributed by atoms with Gasteiger partial charge in [-0.3, -0.25) is 14.3 Å². The molecule has 3 aromatic heterocycles. The molecule has 2 amide bonds. The number of nitrogens with one attached hydrogen (secondary N) is 2. The summed E-state index contributed by atoms with van der Waals surface area (Å²) in [6.45, 7) is 0.333. The molecule has 0 unspecified atom stereocenters. The molecule has 0 radical (unpaired) electrons. The highest BCUT2D eigenvalue weighted by Crippen LogP contribution is 2.20. The second kappa shape index (κ2) is 9.44. The first kappa shape index (κ1) is 21.3. The van der Waals surface area contributed by atoms with Gasteiger partial charge in [-0.2, -0.15) is 5.10 Å². The fourth-order valence-corrected chi connectivity index (χ4v) is 3.12. The molecule has 0 bridgehead atoms. The van der Waals surface area contributed by atoms with Crippen molar-refractivity contribution in [1.82, 2.24) is 15.1 Å². The molecule has 4 rings (SSSR count). The number of benzene rings is 1. The fourth-order valence-electron chi connectivity index (χ4n) is 2.94. The molecule has 164 valence electrons. The molecule has 9 nitrogen and oxygen atoms in total. The molecule has 2 N–H and O–H groups in total. The van der Waals surface area contributed by atoms with Crippen molar-refractivity contribution in [2.45, 2.75) is 13.2 Å². The largest absolute Gasteiger partial charge is 0.486 e. The number of hydrogen-bond donors (Lipinski definition) is 2. The number of anilines is 1. The average molecular weight is 455 g/mol. The SMILES string of the molecule is Cn1ncc(NC(=O)c2ccc(COc3cccc(Cl)c3)o2)c1C(=O)NCc1ccco1. The van der Waals surface area contributed by atoms with E-state index in [-0.39, 0.29) is 30.3 Å². The minimum atomic E-state index is -0.521. The predicted molar refractivity (Wildman–Crippen MR) is 116 cm³/mol. The number of carbonyl (C=O) groups excluding carboxylic acids is 2. The maximum atomic E-state index is 12.6. The van der Waals surface area contributed by atoms with Crippen molar-refractivity contribution in [2.75, 3.05) is 5.32 Å². The number of rotatable bonds is 8. The van der Waals surface area contributed by atoms with Crippen LogP contribution in [0.1, 0.15) is 32.6 Å². The molecular weight excluding hydrogens is 436 g/mol. The number of ether oxygens (including phenoxy) is 1. The van der Waals surface area contributed by atoms with Crippen LogP contribution >= 0.6 is 11.6 Å². The first-order chi connectivity index (χ1) is 15.5. The van der Waals surface area contributed by atoms with Crippen LogP contribution in [0.3, 0.4) is 0 Å². The lowest BCUT2D eigenvalue weighted by molar-refractivity contribution is 0.0939. The number of nitrogens with zero attached hydrogens (tertiary/aromatic N) is 2. The van der Waals surface area contributed by atoms with Gasteiger partial charge in [-0.15, -0.1) is 0 Å². The topological polar surface area (TPSA) is 112 Å². The van der Waals surface area contributed by atoms with E-state index in [9.17, 15) is 9.59 Å². The van der Waals surface area contributed by atoms with E-state index in [1.165, 1.54) is 23.2 Å². The van der Waals surface area contributed by atoms with Crippen LogP contribution in [-0.2, 0) is 20.2 Å². The Labute approximate surface area is 187 Å². The molecular formula is C22H19ClN4O5. The maximum Gasteiger partial charge on any atom is 0.291 e. The van der Waals surface area contributed by atoms with Gasteiger partial charge in [0.15, 0.2) is 5.76 Å². The normalized spacial score (nSPS) is 10.7. The Hall–Kier alpha value is -3.98. The molecule has 3 heterocycles. The summed E-state index contributed by atoms with van der Waals surface area (Å²) in [5.41, 5.74) is 0.448. The highest BCUT2D eigenvalue weighted by atomic mass is 35.5. The van der Waals surface area contributed by atoms with Gasteiger partial charge < -0.3 is 24.2 Å². The van der Waals surface area contributed by atoms with Crippen LogP contribution in [0.2, 0.25) is 5.02 Å². The third-order valence-electron chi connectivity index (χ3n) is 4.47. The average Bonchev–Trinajstić information content (AvgIpc) is 3.52. The Morgan fingerprint density at radius 2 is 2.00 bits per heavy atom. The highest BCUT2D eigenvalue weighted by molar-refractivity contribution is 6.30. The zero-order valence-electron chi connectivity index (χ0n) is 17.0. The summed E-state index contributed by atoms with van der Waals surface area (Å²) in [5.74, 6) is 0.784. The summed E-state index contributed by atoms with van der Waals surface area (Å²) in [6.07, 6.45) is 2.92. The van der Waals surface area contributed by atoms with E-state index in [4.69, 9.17) is 25.2 Å². The molecule has 10 heteroatoms. The van der Waals surface area contributed by atoms with Crippen molar-refractivity contribution < 1.29 is 23.2 Å². The summed E-state index contributed by atoms with van der Waals surface area (Å²) in [6, 6.07) is 13.6. The first-order valence-electron chi connectivity index (χ1n) is 9.60. The Kier molecular flexibility index (Phi) is 6.27. The van der Waals surface area contributed by atoms with Crippen molar-refractivity contribution in [3.8, 4) is 5.75 Å². The Bertz CT molecular complexity index is 1230. The monoisotopic (exact) mass is 454 g/mol. The third-order valence-corrected chi connectivity index (χ3v) is 4.70. The van der Waals surface area contributed by atoms with Crippen molar-refractivity contribution in [1.29, 1.82) is 0 Å². The van der Waals surface area contributed by atoms with E-state index in [0.717, 1.165) is 0 Å². The van der Waals surface area contributed by atoms with Crippen molar-refractivity contribution in [3.63, 3.8) is 0 Å². The number of aryl methyl sites for hydroxylation is 1. The Balaban J connectivity index is 1.38. The molecule has 0 aliphatic heterocycles.